The predicted molar refractivity (Wildman–Crippen MR) is 141 cm³/mol. The van der Waals surface area contributed by atoms with Gasteiger partial charge in [0.1, 0.15) is 11.8 Å². The topological polar surface area (TPSA) is 93.0 Å². The molecule has 0 radical (unpaired) electrons. The molecule has 3 rings (SSSR count). The summed E-state index contributed by atoms with van der Waals surface area (Å²) in [6.45, 7) is 5.30. The van der Waals surface area contributed by atoms with Gasteiger partial charge in [-0.05, 0) is 63.2 Å². The van der Waals surface area contributed by atoms with Crippen LogP contribution < -0.4 is 14.5 Å². The maximum Gasteiger partial charge on any atom is 0.263 e. The smallest absolute Gasteiger partial charge is 0.263 e. The van der Waals surface area contributed by atoms with E-state index in [4.69, 9.17) is 27.9 Å². The summed E-state index contributed by atoms with van der Waals surface area (Å²) in [7, 11) is -2.24. The first kappa shape index (κ1) is 26.6. The Labute approximate surface area is 215 Å². The fraction of sp³-hybridized carbons (Fsp3) is 0.250. The number of amides is 1. The van der Waals surface area contributed by atoms with Gasteiger partial charge in [0.15, 0.2) is 0 Å². The van der Waals surface area contributed by atoms with Crippen molar-refractivity contribution in [2.75, 3.05) is 17.7 Å². The van der Waals surface area contributed by atoms with Gasteiger partial charge in [-0.3, -0.25) is 9.10 Å². The minimum atomic E-state index is -3.75. The molecule has 0 fully saturated rings. The molecule has 2 aromatic carbocycles. The maximum atomic E-state index is 12.8. The highest BCUT2D eigenvalue weighted by molar-refractivity contribution is 7.92. The number of benzene rings is 2. The number of ether oxygens (including phenoxy) is 1. The Balaban J connectivity index is 1.81. The molecule has 1 heterocycles. The Kier molecular flexibility index (Phi) is 8.15. The van der Waals surface area contributed by atoms with E-state index in [0.717, 1.165) is 33.2 Å². The van der Waals surface area contributed by atoms with E-state index >= 15 is 0 Å². The van der Waals surface area contributed by atoms with Crippen molar-refractivity contribution < 1.29 is 17.9 Å². The van der Waals surface area contributed by atoms with E-state index < -0.39 is 22.0 Å². The molecule has 8 nitrogen and oxygen atoms in total. The van der Waals surface area contributed by atoms with Crippen LogP contribution in [0.1, 0.15) is 23.9 Å². The molecular weight excluding hydrogens is 511 g/mol. The molecule has 0 saturated carbocycles. The van der Waals surface area contributed by atoms with E-state index in [-0.39, 0.29) is 0 Å². The molecule has 1 amide bonds. The van der Waals surface area contributed by atoms with Crippen molar-refractivity contribution in [3.05, 3.63) is 75.5 Å². The highest BCUT2D eigenvalue weighted by Crippen LogP contribution is 2.31. The standard InChI is InChI=1S/C24H26Cl2N4O4S/c1-15-13-18(16(2)29(15)22-8-6-7-21(25)23(22)26)14-27-28-24(31)17(3)30(35(5,32)33)19-9-11-20(34-4)12-10-19/h6-14,17H,1-5H3,(H,28,31). The summed E-state index contributed by atoms with van der Waals surface area (Å²) in [5.41, 5.74) is 5.99. The number of rotatable bonds is 8. The van der Waals surface area contributed by atoms with Gasteiger partial charge in [0, 0.05) is 17.0 Å². The summed E-state index contributed by atoms with van der Waals surface area (Å²) >= 11 is 12.6. The van der Waals surface area contributed by atoms with Crippen LogP contribution in [0.3, 0.4) is 0 Å². The average Bonchev–Trinajstić information content (AvgIpc) is 3.08. The van der Waals surface area contributed by atoms with Crippen LogP contribution in [0, 0.1) is 13.8 Å². The van der Waals surface area contributed by atoms with E-state index in [1.807, 2.05) is 36.6 Å². The number of nitrogens with one attached hydrogen (secondary N) is 1. The van der Waals surface area contributed by atoms with Crippen LogP contribution in [0.5, 0.6) is 5.75 Å². The molecule has 35 heavy (non-hydrogen) atoms. The summed E-state index contributed by atoms with van der Waals surface area (Å²) in [5.74, 6) is -0.0187. The zero-order chi connectivity index (χ0) is 25.9. The lowest BCUT2D eigenvalue weighted by Gasteiger charge is -2.27. The Bertz CT molecular complexity index is 1370. The number of hydrogen-bond donors (Lipinski definition) is 1. The zero-order valence-corrected chi connectivity index (χ0v) is 22.2. The van der Waals surface area contributed by atoms with Crippen molar-refractivity contribution in [1.29, 1.82) is 0 Å². The number of carbonyl (C=O) groups excluding carboxylic acids is 1. The monoisotopic (exact) mass is 536 g/mol. The van der Waals surface area contributed by atoms with Gasteiger partial charge < -0.3 is 9.30 Å². The molecule has 1 unspecified atom stereocenters. The molecule has 1 aromatic heterocycles. The second-order valence-electron chi connectivity index (χ2n) is 7.90. The second kappa shape index (κ2) is 10.7. The Morgan fingerprint density at radius 1 is 1.17 bits per heavy atom. The van der Waals surface area contributed by atoms with Gasteiger partial charge in [-0.15, -0.1) is 0 Å². The summed E-state index contributed by atoms with van der Waals surface area (Å²) in [6.07, 6.45) is 2.54. The number of halogens is 2. The third-order valence-electron chi connectivity index (χ3n) is 5.44. The minimum absolute atomic E-state index is 0.335. The molecule has 0 aliphatic rings. The van der Waals surface area contributed by atoms with Gasteiger partial charge in [-0.1, -0.05) is 29.3 Å². The number of hydrazone groups is 1. The average molecular weight is 537 g/mol. The van der Waals surface area contributed by atoms with E-state index in [0.29, 0.717) is 21.5 Å². The molecule has 186 valence electrons. The lowest BCUT2D eigenvalue weighted by atomic mass is 10.2. The first-order valence-electron chi connectivity index (χ1n) is 10.6. The van der Waals surface area contributed by atoms with E-state index in [1.165, 1.54) is 20.2 Å². The van der Waals surface area contributed by atoms with Crippen LogP contribution in [-0.2, 0) is 14.8 Å². The predicted octanol–water partition coefficient (Wildman–Crippen LogP) is 4.71. The first-order chi connectivity index (χ1) is 16.5. The molecule has 0 saturated heterocycles. The van der Waals surface area contributed by atoms with Crippen molar-refractivity contribution in [1.82, 2.24) is 9.99 Å². The van der Waals surface area contributed by atoms with E-state index in [2.05, 4.69) is 10.5 Å². The Hall–Kier alpha value is -3.01. The summed E-state index contributed by atoms with van der Waals surface area (Å²) in [5, 5.41) is 4.93. The summed E-state index contributed by atoms with van der Waals surface area (Å²) in [6, 6.07) is 12.6. The van der Waals surface area contributed by atoms with Gasteiger partial charge in [0.25, 0.3) is 5.91 Å². The van der Waals surface area contributed by atoms with Gasteiger partial charge in [-0.25, -0.2) is 13.8 Å². The highest BCUT2D eigenvalue weighted by Gasteiger charge is 2.29. The van der Waals surface area contributed by atoms with Gasteiger partial charge in [-0.2, -0.15) is 5.10 Å². The Morgan fingerprint density at radius 3 is 2.43 bits per heavy atom. The molecule has 0 bridgehead atoms. The fourth-order valence-electron chi connectivity index (χ4n) is 3.75. The van der Waals surface area contributed by atoms with E-state index in [9.17, 15) is 13.2 Å². The highest BCUT2D eigenvalue weighted by atomic mass is 35.5. The molecule has 3 aromatic rings. The van der Waals surface area contributed by atoms with Gasteiger partial charge in [0.05, 0.1) is 41.0 Å². The van der Waals surface area contributed by atoms with Crippen LogP contribution >= 0.6 is 23.2 Å². The second-order valence-corrected chi connectivity index (χ2v) is 10.5. The quantitative estimate of drug-likeness (QED) is 0.333. The third kappa shape index (κ3) is 5.80. The third-order valence-corrected chi connectivity index (χ3v) is 7.49. The molecule has 1 atom stereocenters. The molecule has 11 heteroatoms. The maximum absolute atomic E-state index is 12.8. The summed E-state index contributed by atoms with van der Waals surface area (Å²) < 4.78 is 33.0. The van der Waals surface area contributed by atoms with Gasteiger partial charge >= 0.3 is 0 Å². The number of methoxy groups -OCH3 is 1. The van der Waals surface area contributed by atoms with Crippen LogP contribution in [0.2, 0.25) is 10.0 Å². The number of aromatic nitrogens is 1. The normalized spacial score (nSPS) is 12.5. The lowest BCUT2D eigenvalue weighted by molar-refractivity contribution is -0.121. The van der Waals surface area contributed by atoms with Crippen molar-refractivity contribution >= 4 is 51.0 Å². The SMILES string of the molecule is COc1ccc(N(C(C)C(=O)NN=Cc2cc(C)n(-c3cccc(Cl)c3Cl)c2C)S(C)(=O)=O)cc1. The number of anilines is 1. The molecular formula is C24H26Cl2N4O4S. The van der Waals surface area contributed by atoms with Crippen molar-refractivity contribution in [2.45, 2.75) is 26.8 Å². The Morgan fingerprint density at radius 2 is 1.83 bits per heavy atom. The number of hydrogen-bond acceptors (Lipinski definition) is 5. The van der Waals surface area contributed by atoms with Crippen LogP contribution in [0.4, 0.5) is 5.69 Å². The number of nitrogens with zero attached hydrogens (tertiary/aromatic N) is 3. The summed E-state index contributed by atoms with van der Waals surface area (Å²) in [4.78, 5) is 12.8. The largest absolute Gasteiger partial charge is 0.497 e. The van der Waals surface area contributed by atoms with Crippen LogP contribution in [0.15, 0.2) is 53.6 Å². The fourth-order valence-corrected chi connectivity index (χ4v) is 5.31. The minimum Gasteiger partial charge on any atom is -0.497 e. The number of carbonyl (C=O) groups is 1. The van der Waals surface area contributed by atoms with Crippen molar-refractivity contribution in [2.24, 2.45) is 5.10 Å². The zero-order valence-electron chi connectivity index (χ0n) is 19.9. The van der Waals surface area contributed by atoms with Crippen LogP contribution in [0.25, 0.3) is 5.69 Å². The number of aryl methyl sites for hydroxylation is 1. The van der Waals surface area contributed by atoms with E-state index in [1.54, 1.807) is 30.3 Å². The molecule has 0 aliphatic heterocycles. The van der Waals surface area contributed by atoms with Crippen molar-refractivity contribution in [3.8, 4) is 11.4 Å². The number of sulfonamides is 1. The van der Waals surface area contributed by atoms with Gasteiger partial charge in [0.2, 0.25) is 10.0 Å². The molecule has 0 spiro atoms. The van der Waals surface area contributed by atoms with Crippen molar-refractivity contribution in [3.63, 3.8) is 0 Å². The lowest BCUT2D eigenvalue weighted by Crippen LogP contribution is -2.46. The first-order valence-corrected chi connectivity index (χ1v) is 13.2. The molecule has 1 N–H and O–H groups in total. The molecule has 0 aliphatic carbocycles. The van der Waals surface area contributed by atoms with Crippen LogP contribution in [-0.4, -0.2) is 44.5 Å².